The van der Waals surface area contributed by atoms with Crippen molar-refractivity contribution in [3.8, 4) is 0 Å². The molecule has 6 nitrogen and oxygen atoms in total. The molecule has 1 aromatic rings. The summed E-state index contributed by atoms with van der Waals surface area (Å²) in [6.45, 7) is 2.81. The van der Waals surface area contributed by atoms with Crippen LogP contribution in [0.25, 0.3) is 0 Å². The summed E-state index contributed by atoms with van der Waals surface area (Å²) in [5.74, 6) is -1.40. The quantitative estimate of drug-likeness (QED) is 0.841. The third kappa shape index (κ3) is 4.81. The highest BCUT2D eigenvalue weighted by Crippen LogP contribution is 2.29. The fraction of sp³-hybridized carbons (Fsp3) is 0.467. The number of hydrogen-bond donors (Lipinski definition) is 2. The van der Waals surface area contributed by atoms with Crippen molar-refractivity contribution in [2.24, 2.45) is 0 Å². The summed E-state index contributed by atoms with van der Waals surface area (Å²) in [5.41, 5.74) is 0.381. The zero-order valence-corrected chi connectivity index (χ0v) is 14.3. The molecule has 0 bridgehead atoms. The van der Waals surface area contributed by atoms with E-state index in [1.165, 1.54) is 0 Å². The largest absolute Gasteiger partial charge is 0.480 e. The van der Waals surface area contributed by atoms with E-state index in [1.54, 1.807) is 18.2 Å². The molecule has 0 spiro atoms. The molecule has 1 aromatic carbocycles. The first-order valence-electron chi connectivity index (χ1n) is 7.27. The number of aliphatic carboxylic acids is 1. The smallest absolute Gasteiger partial charge is 0.321 e. The Bertz CT molecular complexity index is 589. The van der Waals surface area contributed by atoms with E-state index in [9.17, 15) is 14.7 Å². The van der Waals surface area contributed by atoms with E-state index >= 15 is 0 Å². The second kappa shape index (κ2) is 7.97. The molecule has 1 amide bonds. The Morgan fingerprint density at radius 1 is 1.26 bits per heavy atom. The molecule has 23 heavy (non-hydrogen) atoms. The van der Waals surface area contributed by atoms with Gasteiger partial charge in [-0.2, -0.15) is 0 Å². The van der Waals surface area contributed by atoms with Crippen molar-refractivity contribution >= 4 is 40.8 Å². The molecule has 0 saturated carbocycles. The fourth-order valence-electron chi connectivity index (χ4n) is 2.48. The molecule has 126 valence electrons. The third-order valence-corrected chi connectivity index (χ3v) is 4.69. The van der Waals surface area contributed by atoms with Crippen molar-refractivity contribution in [3.05, 3.63) is 28.2 Å². The molecule has 1 unspecified atom stereocenters. The Hall–Kier alpha value is -1.34. The molecule has 1 heterocycles. The molecule has 0 radical (unpaired) electrons. The van der Waals surface area contributed by atoms with Crippen molar-refractivity contribution in [2.75, 3.05) is 38.5 Å². The van der Waals surface area contributed by atoms with Crippen LogP contribution in [-0.4, -0.2) is 66.1 Å². The highest BCUT2D eigenvalue weighted by atomic mass is 35.5. The van der Waals surface area contributed by atoms with Gasteiger partial charge in [-0.1, -0.05) is 29.3 Å². The number of nitrogens with one attached hydrogen (secondary N) is 1. The highest BCUT2D eigenvalue weighted by molar-refractivity contribution is 6.43. The lowest BCUT2D eigenvalue weighted by molar-refractivity contribution is -0.145. The molecule has 0 aliphatic carbocycles. The summed E-state index contributed by atoms with van der Waals surface area (Å²) in [6, 6.07) is 4.06. The van der Waals surface area contributed by atoms with Crippen LogP contribution >= 0.6 is 23.2 Å². The highest BCUT2D eigenvalue weighted by Gasteiger charge is 2.30. The summed E-state index contributed by atoms with van der Waals surface area (Å²) in [5, 5.41) is 12.6. The number of halogens is 2. The first-order chi connectivity index (χ1) is 10.9. The average Bonchev–Trinajstić information content (AvgIpc) is 2.50. The van der Waals surface area contributed by atoms with Crippen LogP contribution in [-0.2, 0) is 9.59 Å². The van der Waals surface area contributed by atoms with Crippen LogP contribution in [0.15, 0.2) is 18.2 Å². The third-order valence-electron chi connectivity index (χ3n) is 3.87. The number of hydrogen-bond acceptors (Lipinski definition) is 4. The van der Waals surface area contributed by atoms with E-state index in [0.29, 0.717) is 23.8 Å². The molecule has 8 heteroatoms. The molecule has 1 saturated heterocycles. The second-order valence-corrected chi connectivity index (χ2v) is 6.33. The summed E-state index contributed by atoms with van der Waals surface area (Å²) in [4.78, 5) is 27.6. The number of amides is 1. The number of nitrogens with zero attached hydrogens (tertiary/aromatic N) is 2. The minimum absolute atomic E-state index is 0.137. The number of anilines is 1. The molecule has 1 aliphatic rings. The zero-order valence-electron chi connectivity index (χ0n) is 12.8. The number of rotatable bonds is 5. The monoisotopic (exact) mass is 359 g/mol. The molecule has 1 aliphatic heterocycles. The Balaban J connectivity index is 2.01. The molecule has 2 rings (SSSR count). The van der Waals surface area contributed by atoms with Gasteiger partial charge >= 0.3 is 5.97 Å². The maximum absolute atomic E-state index is 12.2. The number of carbonyl (C=O) groups excluding carboxylic acids is 1. The van der Waals surface area contributed by atoms with Crippen LogP contribution in [0, 0.1) is 0 Å². The maximum Gasteiger partial charge on any atom is 0.321 e. The first-order valence-corrected chi connectivity index (χ1v) is 8.03. The lowest BCUT2D eigenvalue weighted by Crippen LogP contribution is -2.52. The predicted molar refractivity (Wildman–Crippen MR) is 90.2 cm³/mol. The fourth-order valence-corrected chi connectivity index (χ4v) is 2.83. The number of carboxylic acid groups (broad SMARTS) is 1. The number of likely N-dealkylation sites (N-methyl/N-ethyl adjacent to an activating group) is 1. The Labute approximate surface area is 145 Å². The van der Waals surface area contributed by atoms with Crippen LogP contribution in [0.5, 0.6) is 0 Å². The van der Waals surface area contributed by atoms with E-state index in [1.807, 2.05) is 11.9 Å². The van der Waals surface area contributed by atoms with Crippen molar-refractivity contribution in [2.45, 2.75) is 12.5 Å². The Kier molecular flexibility index (Phi) is 6.24. The van der Waals surface area contributed by atoms with Crippen molar-refractivity contribution in [1.29, 1.82) is 0 Å². The Morgan fingerprint density at radius 3 is 2.52 bits per heavy atom. The van der Waals surface area contributed by atoms with Crippen LogP contribution in [0.1, 0.15) is 6.42 Å². The van der Waals surface area contributed by atoms with Gasteiger partial charge in [0, 0.05) is 26.2 Å². The van der Waals surface area contributed by atoms with Crippen LogP contribution in [0.4, 0.5) is 5.69 Å². The van der Waals surface area contributed by atoms with Gasteiger partial charge in [0.1, 0.15) is 6.04 Å². The minimum atomic E-state index is -0.998. The number of carbonyl (C=O) groups is 2. The van der Waals surface area contributed by atoms with Gasteiger partial charge in [-0.05, 0) is 19.2 Å². The summed E-state index contributed by atoms with van der Waals surface area (Å²) in [6.07, 6.45) is -0.137. The van der Waals surface area contributed by atoms with Crippen molar-refractivity contribution in [3.63, 3.8) is 0 Å². The SMILES string of the molecule is CN1CCN(C(CC(=O)Nc2cccc(Cl)c2Cl)C(=O)O)CC1. The average molecular weight is 360 g/mol. The second-order valence-electron chi connectivity index (χ2n) is 5.55. The lowest BCUT2D eigenvalue weighted by atomic mass is 10.1. The van der Waals surface area contributed by atoms with Gasteiger partial charge < -0.3 is 15.3 Å². The minimum Gasteiger partial charge on any atom is -0.480 e. The number of benzene rings is 1. The van der Waals surface area contributed by atoms with Gasteiger partial charge in [0.25, 0.3) is 0 Å². The van der Waals surface area contributed by atoms with E-state index in [4.69, 9.17) is 23.2 Å². The van der Waals surface area contributed by atoms with E-state index in [2.05, 4.69) is 10.2 Å². The first kappa shape index (κ1) is 18.0. The van der Waals surface area contributed by atoms with Gasteiger partial charge in [-0.25, -0.2) is 0 Å². The normalized spacial score (nSPS) is 17.7. The summed E-state index contributed by atoms with van der Waals surface area (Å²) >= 11 is 11.9. The molecule has 0 aromatic heterocycles. The van der Waals surface area contributed by atoms with Crippen molar-refractivity contribution in [1.82, 2.24) is 9.80 Å². The molecule has 1 fully saturated rings. The number of piperazine rings is 1. The van der Waals surface area contributed by atoms with Gasteiger partial charge in [0.2, 0.25) is 5.91 Å². The van der Waals surface area contributed by atoms with E-state index in [0.717, 1.165) is 13.1 Å². The van der Waals surface area contributed by atoms with Crippen molar-refractivity contribution < 1.29 is 14.7 Å². The Morgan fingerprint density at radius 2 is 1.91 bits per heavy atom. The van der Waals surface area contributed by atoms with Gasteiger partial charge in [-0.15, -0.1) is 0 Å². The molecule has 1 atom stereocenters. The van der Waals surface area contributed by atoms with Gasteiger partial charge in [-0.3, -0.25) is 14.5 Å². The van der Waals surface area contributed by atoms with Gasteiger partial charge in [0.05, 0.1) is 22.2 Å². The van der Waals surface area contributed by atoms with E-state index < -0.39 is 17.9 Å². The van der Waals surface area contributed by atoms with Crippen LogP contribution in [0.3, 0.4) is 0 Å². The maximum atomic E-state index is 12.2. The molecular formula is C15H19Cl2N3O3. The zero-order chi connectivity index (χ0) is 17.0. The standard InChI is InChI=1S/C15H19Cl2N3O3/c1-19-5-7-20(8-6-19)12(15(22)23)9-13(21)18-11-4-2-3-10(16)14(11)17/h2-4,12H,5-9H2,1H3,(H,18,21)(H,22,23). The molecular weight excluding hydrogens is 341 g/mol. The van der Waals surface area contributed by atoms with Gasteiger partial charge in [0.15, 0.2) is 0 Å². The molecule has 2 N–H and O–H groups in total. The topological polar surface area (TPSA) is 72.9 Å². The number of carboxylic acids is 1. The predicted octanol–water partition coefficient (Wildman–Crippen LogP) is 2.02. The van der Waals surface area contributed by atoms with E-state index in [-0.39, 0.29) is 11.4 Å². The summed E-state index contributed by atoms with van der Waals surface area (Å²) in [7, 11) is 1.99. The lowest BCUT2D eigenvalue weighted by Gasteiger charge is -2.35. The van der Waals surface area contributed by atoms with Crippen LogP contribution < -0.4 is 5.32 Å². The van der Waals surface area contributed by atoms with Crippen LogP contribution in [0.2, 0.25) is 10.0 Å². The summed E-state index contributed by atoms with van der Waals surface area (Å²) < 4.78 is 0.